The Morgan fingerprint density at radius 3 is 2.91 bits per heavy atom. The molecule has 3 aromatic rings. The molecule has 1 atom stereocenters. The van der Waals surface area contributed by atoms with Crippen LogP contribution >= 0.6 is 11.8 Å². The lowest BCUT2D eigenvalue weighted by Gasteiger charge is -2.08. The molecule has 1 aliphatic heterocycles. The molecule has 1 unspecified atom stereocenters. The fourth-order valence-corrected chi connectivity index (χ4v) is 3.40. The predicted octanol–water partition coefficient (Wildman–Crippen LogP) is 4.78. The number of fused-ring (bicyclic) bond motifs is 1. The van der Waals surface area contributed by atoms with Crippen molar-refractivity contribution in [1.29, 1.82) is 0 Å². The maximum absolute atomic E-state index is 5.70. The first-order valence-corrected chi connectivity index (χ1v) is 8.16. The van der Waals surface area contributed by atoms with Crippen molar-refractivity contribution in [3.8, 4) is 0 Å². The Morgan fingerprint density at radius 1 is 1.18 bits per heavy atom. The lowest BCUT2D eigenvalue weighted by atomic mass is 10.1. The van der Waals surface area contributed by atoms with Gasteiger partial charge in [0.25, 0.3) is 6.01 Å². The monoisotopic (exact) mass is 309 g/mol. The van der Waals surface area contributed by atoms with E-state index in [1.165, 1.54) is 5.56 Å². The highest BCUT2D eigenvalue weighted by Gasteiger charge is 2.17. The summed E-state index contributed by atoms with van der Waals surface area (Å²) < 4.78 is 5.70. The number of aliphatic imine (C=N–C) groups is 1. The van der Waals surface area contributed by atoms with Gasteiger partial charge in [0.05, 0.1) is 11.1 Å². The van der Waals surface area contributed by atoms with Crippen LogP contribution in [0.5, 0.6) is 0 Å². The Morgan fingerprint density at radius 2 is 2.09 bits per heavy atom. The van der Waals surface area contributed by atoms with Gasteiger partial charge in [-0.15, -0.1) is 11.8 Å². The van der Waals surface area contributed by atoms with Gasteiger partial charge in [-0.1, -0.05) is 24.3 Å². The van der Waals surface area contributed by atoms with E-state index in [0.717, 1.165) is 27.6 Å². The summed E-state index contributed by atoms with van der Waals surface area (Å²) in [6.45, 7) is 2.06. The number of nitrogens with zero attached hydrogens (tertiary/aromatic N) is 2. The molecule has 0 bridgehead atoms. The lowest BCUT2D eigenvalue weighted by Crippen LogP contribution is -1.96. The van der Waals surface area contributed by atoms with Crippen LogP contribution < -0.4 is 5.32 Å². The smallest absolute Gasteiger partial charge is 0.300 e. The van der Waals surface area contributed by atoms with Gasteiger partial charge in [-0.25, -0.2) is 0 Å². The highest BCUT2D eigenvalue weighted by molar-refractivity contribution is 8.14. The molecule has 0 saturated heterocycles. The largest absolute Gasteiger partial charge is 0.423 e. The minimum Gasteiger partial charge on any atom is -0.423 e. The first-order valence-electron chi connectivity index (χ1n) is 7.18. The number of thioether (sulfide) groups is 1. The summed E-state index contributed by atoms with van der Waals surface area (Å²) in [6, 6.07) is 16.8. The van der Waals surface area contributed by atoms with E-state index in [4.69, 9.17) is 4.42 Å². The zero-order valence-electron chi connectivity index (χ0n) is 12.1. The molecule has 22 heavy (non-hydrogen) atoms. The standard InChI is InChI=1S/C17H15N3OS/c1-11-18-15(10-22-11)12-5-4-6-13(9-12)19-17-20-14-7-2-3-8-16(14)21-17/h2-9,15H,10H2,1H3,(H,19,20). The molecule has 0 saturated carbocycles. The Hall–Kier alpha value is -2.27. The number of nitrogens with one attached hydrogen (secondary N) is 1. The summed E-state index contributed by atoms with van der Waals surface area (Å²) in [5, 5.41) is 4.39. The van der Waals surface area contributed by atoms with E-state index in [1.54, 1.807) is 0 Å². The van der Waals surface area contributed by atoms with Gasteiger partial charge in [0.2, 0.25) is 0 Å². The average Bonchev–Trinajstić information content (AvgIpc) is 3.13. The summed E-state index contributed by atoms with van der Waals surface area (Å²) >= 11 is 1.81. The maximum Gasteiger partial charge on any atom is 0.300 e. The molecular formula is C17H15N3OS. The van der Waals surface area contributed by atoms with Crippen molar-refractivity contribution < 1.29 is 4.42 Å². The SMILES string of the molecule is CC1=NC(c2cccc(Nc3nc4ccccc4o3)c2)CS1. The molecular weight excluding hydrogens is 294 g/mol. The fraction of sp³-hybridized carbons (Fsp3) is 0.176. The lowest BCUT2D eigenvalue weighted by molar-refractivity contribution is 0.623. The van der Waals surface area contributed by atoms with Gasteiger partial charge in [-0.2, -0.15) is 4.98 Å². The number of anilines is 2. The van der Waals surface area contributed by atoms with Crippen LogP contribution in [0.4, 0.5) is 11.7 Å². The van der Waals surface area contributed by atoms with Crippen molar-refractivity contribution in [1.82, 2.24) is 4.98 Å². The Labute approximate surface area is 132 Å². The van der Waals surface area contributed by atoms with Crippen molar-refractivity contribution >= 4 is 39.6 Å². The topological polar surface area (TPSA) is 50.4 Å². The zero-order chi connectivity index (χ0) is 14.9. The Kier molecular flexibility index (Phi) is 3.35. The van der Waals surface area contributed by atoms with Crippen LogP contribution in [0.15, 0.2) is 57.9 Å². The van der Waals surface area contributed by atoms with Crippen LogP contribution in [0.25, 0.3) is 11.1 Å². The van der Waals surface area contributed by atoms with Crippen LogP contribution in [0.1, 0.15) is 18.5 Å². The van der Waals surface area contributed by atoms with E-state index in [2.05, 4.69) is 34.3 Å². The number of benzene rings is 2. The molecule has 0 radical (unpaired) electrons. The summed E-state index contributed by atoms with van der Waals surface area (Å²) in [5.74, 6) is 1.01. The van der Waals surface area contributed by atoms with E-state index < -0.39 is 0 Å². The number of rotatable bonds is 3. The van der Waals surface area contributed by atoms with Gasteiger partial charge < -0.3 is 9.73 Å². The Bertz CT molecular complexity index is 823. The van der Waals surface area contributed by atoms with E-state index >= 15 is 0 Å². The number of hydrogen-bond acceptors (Lipinski definition) is 5. The van der Waals surface area contributed by atoms with Crippen LogP contribution in [0.3, 0.4) is 0 Å². The second-order valence-electron chi connectivity index (χ2n) is 5.21. The highest BCUT2D eigenvalue weighted by atomic mass is 32.2. The van der Waals surface area contributed by atoms with Crippen LogP contribution in [-0.4, -0.2) is 15.8 Å². The molecule has 0 spiro atoms. The van der Waals surface area contributed by atoms with Crippen molar-refractivity contribution in [2.24, 2.45) is 4.99 Å². The number of oxazole rings is 1. The molecule has 1 aliphatic rings. The van der Waals surface area contributed by atoms with Gasteiger partial charge >= 0.3 is 0 Å². The van der Waals surface area contributed by atoms with Crippen LogP contribution in [-0.2, 0) is 0 Å². The molecule has 4 nitrogen and oxygen atoms in total. The molecule has 2 heterocycles. The molecule has 0 aliphatic carbocycles. The van der Waals surface area contributed by atoms with E-state index in [-0.39, 0.29) is 6.04 Å². The third-order valence-electron chi connectivity index (χ3n) is 3.60. The minimum absolute atomic E-state index is 0.246. The first-order chi connectivity index (χ1) is 10.8. The summed E-state index contributed by atoms with van der Waals surface area (Å²) in [4.78, 5) is 9.09. The summed E-state index contributed by atoms with van der Waals surface area (Å²) in [7, 11) is 0. The Balaban J connectivity index is 1.60. The highest BCUT2D eigenvalue weighted by Crippen LogP contribution is 2.32. The third kappa shape index (κ3) is 2.60. The van der Waals surface area contributed by atoms with E-state index in [1.807, 2.05) is 48.2 Å². The van der Waals surface area contributed by atoms with Gasteiger partial charge in [-0.3, -0.25) is 4.99 Å². The van der Waals surface area contributed by atoms with Crippen LogP contribution in [0, 0.1) is 0 Å². The molecule has 110 valence electrons. The molecule has 0 fully saturated rings. The van der Waals surface area contributed by atoms with Crippen molar-refractivity contribution in [3.05, 3.63) is 54.1 Å². The van der Waals surface area contributed by atoms with Crippen molar-refractivity contribution in [3.63, 3.8) is 0 Å². The third-order valence-corrected chi connectivity index (χ3v) is 4.61. The van der Waals surface area contributed by atoms with Crippen molar-refractivity contribution in [2.75, 3.05) is 11.1 Å². The second-order valence-corrected chi connectivity index (χ2v) is 6.42. The van der Waals surface area contributed by atoms with E-state index in [9.17, 15) is 0 Å². The summed E-state index contributed by atoms with van der Waals surface area (Å²) in [5.41, 5.74) is 3.82. The molecule has 5 heteroatoms. The quantitative estimate of drug-likeness (QED) is 0.756. The first kappa shape index (κ1) is 13.4. The van der Waals surface area contributed by atoms with Gasteiger partial charge in [-0.05, 0) is 36.8 Å². The van der Waals surface area contributed by atoms with Crippen molar-refractivity contribution in [2.45, 2.75) is 13.0 Å². The molecule has 0 amide bonds. The number of para-hydroxylation sites is 2. The van der Waals surface area contributed by atoms with Gasteiger partial charge in [0.15, 0.2) is 5.58 Å². The molecule has 1 N–H and O–H groups in total. The molecule has 2 aromatic carbocycles. The van der Waals surface area contributed by atoms with Crippen LogP contribution in [0.2, 0.25) is 0 Å². The minimum atomic E-state index is 0.246. The average molecular weight is 309 g/mol. The number of hydrogen-bond donors (Lipinski definition) is 1. The van der Waals surface area contributed by atoms with E-state index in [0.29, 0.717) is 6.01 Å². The summed E-state index contributed by atoms with van der Waals surface area (Å²) in [6.07, 6.45) is 0. The fourth-order valence-electron chi connectivity index (χ4n) is 2.54. The normalized spacial score (nSPS) is 17.7. The maximum atomic E-state index is 5.70. The number of aromatic nitrogens is 1. The predicted molar refractivity (Wildman–Crippen MR) is 92.0 cm³/mol. The molecule has 1 aromatic heterocycles. The zero-order valence-corrected chi connectivity index (χ0v) is 12.9. The van der Waals surface area contributed by atoms with Gasteiger partial charge in [0, 0.05) is 11.4 Å². The van der Waals surface area contributed by atoms with Gasteiger partial charge in [0.1, 0.15) is 5.52 Å². The second kappa shape index (κ2) is 5.50. The molecule has 4 rings (SSSR count).